The summed E-state index contributed by atoms with van der Waals surface area (Å²) in [5, 5.41) is 9.14. The summed E-state index contributed by atoms with van der Waals surface area (Å²) in [5.41, 5.74) is 0. The number of piperidine rings is 1. The molecule has 2 aliphatic rings. The second kappa shape index (κ2) is 3.50. The van der Waals surface area contributed by atoms with E-state index in [-0.39, 0.29) is 24.5 Å². The largest absolute Gasteiger partial charge is 0.396 e. The zero-order valence-electron chi connectivity index (χ0n) is 7.65. The fourth-order valence-corrected chi connectivity index (χ4v) is 2.27. The maximum atomic E-state index is 11.5. The number of hydrogen-bond acceptors (Lipinski definition) is 2. The third kappa shape index (κ3) is 1.48. The molecule has 0 unspecified atom stereocenters. The van der Waals surface area contributed by atoms with Crippen LogP contribution in [0.2, 0.25) is 0 Å². The number of aliphatic hydroxyl groups is 1. The third-order valence-corrected chi connectivity index (χ3v) is 3.02. The molecule has 0 radical (unpaired) electrons. The summed E-state index contributed by atoms with van der Waals surface area (Å²) in [4.78, 5) is 13.3. The molecule has 0 aromatic carbocycles. The maximum Gasteiger partial charge on any atom is 0.226 e. The van der Waals surface area contributed by atoms with Gasteiger partial charge < -0.3 is 10.0 Å². The van der Waals surface area contributed by atoms with Gasteiger partial charge in [-0.3, -0.25) is 4.79 Å². The first-order valence-electron chi connectivity index (χ1n) is 4.91. The summed E-state index contributed by atoms with van der Waals surface area (Å²) < 4.78 is 0. The number of allylic oxidation sites excluding steroid dienone is 1. The van der Waals surface area contributed by atoms with Crippen molar-refractivity contribution >= 4 is 5.91 Å². The van der Waals surface area contributed by atoms with Crippen molar-refractivity contribution in [2.75, 3.05) is 6.61 Å². The minimum absolute atomic E-state index is 0.193. The zero-order chi connectivity index (χ0) is 9.26. The van der Waals surface area contributed by atoms with Gasteiger partial charge >= 0.3 is 0 Å². The minimum atomic E-state index is 0.193. The van der Waals surface area contributed by atoms with Crippen molar-refractivity contribution in [3.8, 4) is 0 Å². The molecule has 13 heavy (non-hydrogen) atoms. The van der Waals surface area contributed by atoms with E-state index in [2.05, 4.69) is 0 Å². The van der Waals surface area contributed by atoms with Crippen LogP contribution >= 0.6 is 0 Å². The van der Waals surface area contributed by atoms with Crippen LogP contribution in [-0.4, -0.2) is 28.6 Å². The highest BCUT2D eigenvalue weighted by atomic mass is 16.3. The molecule has 0 aromatic rings. The van der Waals surface area contributed by atoms with Gasteiger partial charge in [0.15, 0.2) is 0 Å². The van der Waals surface area contributed by atoms with Crippen LogP contribution < -0.4 is 0 Å². The first-order chi connectivity index (χ1) is 6.33. The predicted octanol–water partition coefficient (Wildman–Crippen LogP) is 0.893. The third-order valence-electron chi connectivity index (χ3n) is 3.02. The molecular formula is C10H15NO2. The molecular weight excluding hydrogens is 166 g/mol. The van der Waals surface area contributed by atoms with Gasteiger partial charge in [0, 0.05) is 31.2 Å². The van der Waals surface area contributed by atoms with Crippen molar-refractivity contribution in [2.45, 2.75) is 31.7 Å². The van der Waals surface area contributed by atoms with Crippen LogP contribution in [0.4, 0.5) is 0 Å². The Morgan fingerprint density at radius 2 is 2.46 bits per heavy atom. The molecule has 0 spiro atoms. The highest BCUT2D eigenvalue weighted by molar-refractivity contribution is 5.78. The van der Waals surface area contributed by atoms with E-state index in [1.54, 1.807) is 0 Å². The van der Waals surface area contributed by atoms with Crippen LogP contribution in [0.1, 0.15) is 25.7 Å². The van der Waals surface area contributed by atoms with Gasteiger partial charge in [-0.2, -0.15) is 0 Å². The van der Waals surface area contributed by atoms with Gasteiger partial charge in [0.1, 0.15) is 0 Å². The van der Waals surface area contributed by atoms with Crippen molar-refractivity contribution in [1.29, 1.82) is 0 Å². The van der Waals surface area contributed by atoms with E-state index in [1.807, 2.05) is 17.2 Å². The average Bonchev–Trinajstić information content (AvgIpc) is 2.18. The fraction of sp³-hybridized carbons (Fsp3) is 0.700. The molecule has 2 aliphatic heterocycles. The molecule has 2 rings (SSSR count). The summed E-state index contributed by atoms with van der Waals surface area (Å²) in [6.45, 7) is 0.193. The van der Waals surface area contributed by atoms with Gasteiger partial charge in [0.2, 0.25) is 5.91 Å². The number of aliphatic hydroxyl groups excluding tert-OH is 1. The SMILES string of the molecule is O=C1CCC[C@@H]2[C@H](CO)CC=CN12. The molecule has 2 atom stereocenters. The first kappa shape index (κ1) is 8.75. The van der Waals surface area contributed by atoms with E-state index >= 15 is 0 Å². The molecule has 1 fully saturated rings. The Morgan fingerprint density at radius 1 is 1.62 bits per heavy atom. The van der Waals surface area contributed by atoms with Gasteiger partial charge in [0.05, 0.1) is 0 Å². The first-order valence-corrected chi connectivity index (χ1v) is 4.91. The van der Waals surface area contributed by atoms with Crippen LogP contribution in [-0.2, 0) is 4.79 Å². The lowest BCUT2D eigenvalue weighted by Crippen LogP contribution is -2.47. The number of carbonyl (C=O) groups excluding carboxylic acids is 1. The second-order valence-electron chi connectivity index (χ2n) is 3.82. The molecule has 3 heteroatoms. The molecule has 0 aromatic heterocycles. The topological polar surface area (TPSA) is 40.5 Å². The summed E-state index contributed by atoms with van der Waals surface area (Å²) in [7, 11) is 0. The molecule has 0 aliphatic carbocycles. The van der Waals surface area contributed by atoms with Crippen molar-refractivity contribution in [3.05, 3.63) is 12.3 Å². The molecule has 1 N–H and O–H groups in total. The van der Waals surface area contributed by atoms with E-state index in [4.69, 9.17) is 5.11 Å². The monoisotopic (exact) mass is 181 g/mol. The highest BCUT2D eigenvalue weighted by Crippen LogP contribution is 2.29. The Bertz CT molecular complexity index is 237. The molecule has 3 nitrogen and oxygen atoms in total. The quantitative estimate of drug-likeness (QED) is 0.652. The van der Waals surface area contributed by atoms with E-state index in [1.165, 1.54) is 0 Å². The zero-order valence-corrected chi connectivity index (χ0v) is 7.65. The highest BCUT2D eigenvalue weighted by Gasteiger charge is 2.33. The van der Waals surface area contributed by atoms with Crippen molar-refractivity contribution in [3.63, 3.8) is 0 Å². The normalized spacial score (nSPS) is 33.3. The lowest BCUT2D eigenvalue weighted by Gasteiger charge is -2.40. The van der Waals surface area contributed by atoms with Crippen molar-refractivity contribution in [1.82, 2.24) is 4.90 Å². The van der Waals surface area contributed by atoms with Crippen LogP contribution in [0, 0.1) is 5.92 Å². The molecule has 1 amide bonds. The molecule has 0 bridgehead atoms. The van der Waals surface area contributed by atoms with E-state index in [9.17, 15) is 4.79 Å². The average molecular weight is 181 g/mol. The number of rotatable bonds is 1. The predicted molar refractivity (Wildman–Crippen MR) is 48.8 cm³/mol. The van der Waals surface area contributed by atoms with E-state index in [0.717, 1.165) is 19.3 Å². The molecule has 0 saturated carbocycles. The van der Waals surface area contributed by atoms with Gasteiger partial charge in [-0.15, -0.1) is 0 Å². The summed E-state index contributed by atoms with van der Waals surface area (Å²) in [6.07, 6.45) is 7.47. The Balaban J connectivity index is 2.17. The Kier molecular flexibility index (Phi) is 2.36. The molecule has 72 valence electrons. The smallest absolute Gasteiger partial charge is 0.226 e. The van der Waals surface area contributed by atoms with Gasteiger partial charge in [-0.05, 0) is 19.3 Å². The Hall–Kier alpha value is -0.830. The van der Waals surface area contributed by atoms with Crippen LogP contribution in [0.25, 0.3) is 0 Å². The second-order valence-corrected chi connectivity index (χ2v) is 3.82. The summed E-state index contributed by atoms with van der Waals surface area (Å²) in [6, 6.07) is 0.260. The standard InChI is InChI=1S/C10H15NO2/c12-7-8-3-2-6-11-9(8)4-1-5-10(11)13/h2,6,8-9,12H,1,3-5,7H2/t8-,9+/m0/s1. The van der Waals surface area contributed by atoms with Crippen molar-refractivity contribution in [2.24, 2.45) is 5.92 Å². The lowest BCUT2D eigenvalue weighted by atomic mass is 9.86. The maximum absolute atomic E-state index is 11.5. The number of nitrogens with zero attached hydrogens (tertiary/aromatic N) is 1. The van der Waals surface area contributed by atoms with E-state index < -0.39 is 0 Å². The van der Waals surface area contributed by atoms with Gasteiger partial charge in [0.25, 0.3) is 0 Å². The summed E-state index contributed by atoms with van der Waals surface area (Å²) in [5.74, 6) is 0.472. The van der Waals surface area contributed by atoms with E-state index in [0.29, 0.717) is 6.42 Å². The van der Waals surface area contributed by atoms with Gasteiger partial charge in [-0.25, -0.2) is 0 Å². The van der Waals surface area contributed by atoms with Crippen LogP contribution in [0.15, 0.2) is 12.3 Å². The Labute approximate surface area is 78.0 Å². The van der Waals surface area contributed by atoms with Crippen LogP contribution in [0.5, 0.6) is 0 Å². The molecule has 2 heterocycles. The van der Waals surface area contributed by atoms with Crippen LogP contribution in [0.3, 0.4) is 0 Å². The number of hydrogen-bond donors (Lipinski definition) is 1. The van der Waals surface area contributed by atoms with Crippen molar-refractivity contribution < 1.29 is 9.90 Å². The lowest BCUT2D eigenvalue weighted by molar-refractivity contribution is -0.135. The fourth-order valence-electron chi connectivity index (χ4n) is 2.27. The number of amides is 1. The molecule has 1 saturated heterocycles. The Morgan fingerprint density at radius 3 is 3.23 bits per heavy atom. The summed E-state index contributed by atoms with van der Waals surface area (Å²) >= 11 is 0. The minimum Gasteiger partial charge on any atom is -0.396 e. The number of fused-ring (bicyclic) bond motifs is 1. The number of carbonyl (C=O) groups is 1. The van der Waals surface area contributed by atoms with Gasteiger partial charge in [-0.1, -0.05) is 6.08 Å².